The predicted molar refractivity (Wildman–Crippen MR) is 48.0 cm³/mol. The number of rotatable bonds is 4. The van der Waals surface area contributed by atoms with Gasteiger partial charge in [0.2, 0.25) is 6.41 Å². The average Bonchev–Trinajstić information content (AvgIpc) is 2.07. The second-order valence-electron chi connectivity index (χ2n) is 3.32. The second kappa shape index (κ2) is 4.42. The average molecular weight is 171 g/mol. The van der Waals surface area contributed by atoms with Crippen molar-refractivity contribution in [2.45, 2.75) is 18.4 Å². The Hall–Kier alpha value is -0.610. The molecular weight excluding hydrogens is 154 g/mol. The highest BCUT2D eigenvalue weighted by molar-refractivity contribution is 5.48. The van der Waals surface area contributed by atoms with E-state index in [1.165, 1.54) is 0 Å². The zero-order valence-corrected chi connectivity index (χ0v) is 7.52. The first-order valence-electron chi connectivity index (χ1n) is 4.40. The minimum absolute atomic E-state index is 0.0122. The fraction of sp³-hybridized carbons (Fsp3) is 0.875. The van der Waals surface area contributed by atoms with Crippen molar-refractivity contribution >= 4 is 6.41 Å². The summed E-state index contributed by atoms with van der Waals surface area (Å²) in [7, 11) is 1.91. The Bertz CT molecular complexity index is 138. The van der Waals surface area contributed by atoms with Gasteiger partial charge in [-0.25, -0.2) is 0 Å². The molecule has 0 spiro atoms. The van der Waals surface area contributed by atoms with Gasteiger partial charge in [0.1, 0.15) is 0 Å². The summed E-state index contributed by atoms with van der Waals surface area (Å²) in [5.41, 5.74) is -0.0122. The highest BCUT2D eigenvalue weighted by Gasteiger charge is 2.30. The third-order valence-electron chi connectivity index (χ3n) is 2.44. The van der Waals surface area contributed by atoms with Crippen LogP contribution in [0.15, 0.2) is 0 Å². The van der Waals surface area contributed by atoms with Crippen molar-refractivity contribution in [3.63, 3.8) is 0 Å². The van der Waals surface area contributed by atoms with Crippen LogP contribution < -0.4 is 16.0 Å². The van der Waals surface area contributed by atoms with E-state index in [1.807, 2.05) is 7.05 Å². The first-order valence-corrected chi connectivity index (χ1v) is 4.40. The van der Waals surface area contributed by atoms with Gasteiger partial charge in [-0.15, -0.1) is 0 Å². The van der Waals surface area contributed by atoms with E-state index in [2.05, 4.69) is 16.0 Å². The van der Waals surface area contributed by atoms with Gasteiger partial charge in [0.05, 0.1) is 5.54 Å². The molecule has 0 aromatic rings. The normalized spacial score (nSPS) is 21.8. The van der Waals surface area contributed by atoms with Gasteiger partial charge in [-0.1, -0.05) is 0 Å². The molecule has 4 heteroatoms. The van der Waals surface area contributed by atoms with Crippen LogP contribution in [0.5, 0.6) is 0 Å². The molecule has 1 amide bonds. The van der Waals surface area contributed by atoms with Crippen molar-refractivity contribution in [1.29, 1.82) is 0 Å². The third kappa shape index (κ3) is 2.19. The van der Waals surface area contributed by atoms with Crippen molar-refractivity contribution in [2.24, 2.45) is 0 Å². The van der Waals surface area contributed by atoms with Gasteiger partial charge in [-0.2, -0.15) is 0 Å². The van der Waals surface area contributed by atoms with Crippen LogP contribution in [0, 0.1) is 0 Å². The quantitative estimate of drug-likeness (QED) is 0.479. The molecule has 0 bridgehead atoms. The number of hydrogen-bond donors (Lipinski definition) is 3. The lowest BCUT2D eigenvalue weighted by Gasteiger charge is -2.37. The number of piperidine rings is 1. The Morgan fingerprint density at radius 2 is 2.17 bits per heavy atom. The van der Waals surface area contributed by atoms with Gasteiger partial charge in [-0.05, 0) is 33.0 Å². The maximum atomic E-state index is 10.4. The summed E-state index contributed by atoms with van der Waals surface area (Å²) in [6, 6.07) is 0. The maximum absolute atomic E-state index is 10.4. The number of nitrogens with one attached hydrogen (secondary N) is 3. The zero-order chi connectivity index (χ0) is 8.86. The molecule has 4 nitrogen and oxygen atoms in total. The number of hydrogen-bond acceptors (Lipinski definition) is 3. The Morgan fingerprint density at radius 1 is 1.50 bits per heavy atom. The molecule has 1 heterocycles. The predicted octanol–water partition coefficient (Wildman–Crippen LogP) is -0.926. The second-order valence-corrected chi connectivity index (χ2v) is 3.32. The number of likely N-dealkylation sites (N-methyl/N-ethyl adjacent to an activating group) is 1. The Balaban J connectivity index is 2.49. The van der Waals surface area contributed by atoms with Crippen molar-refractivity contribution in [1.82, 2.24) is 16.0 Å². The van der Waals surface area contributed by atoms with Crippen molar-refractivity contribution < 1.29 is 4.79 Å². The van der Waals surface area contributed by atoms with Crippen LogP contribution in [0.2, 0.25) is 0 Å². The van der Waals surface area contributed by atoms with Crippen LogP contribution in [0.3, 0.4) is 0 Å². The smallest absolute Gasteiger partial charge is 0.207 e. The lowest BCUT2D eigenvalue weighted by molar-refractivity contribution is -0.111. The molecule has 12 heavy (non-hydrogen) atoms. The van der Waals surface area contributed by atoms with E-state index in [0.717, 1.165) is 38.9 Å². The standard InChI is InChI=1S/C8H17N3O/c1-9-6-8(11-7-12)2-4-10-5-3-8/h7,9-10H,2-6H2,1H3,(H,11,12). The molecular formula is C8H17N3O. The Kier molecular flexibility index (Phi) is 3.49. The summed E-state index contributed by atoms with van der Waals surface area (Å²) in [6.07, 6.45) is 2.82. The minimum atomic E-state index is -0.0122. The van der Waals surface area contributed by atoms with Gasteiger partial charge >= 0.3 is 0 Å². The van der Waals surface area contributed by atoms with Gasteiger partial charge in [0.15, 0.2) is 0 Å². The van der Waals surface area contributed by atoms with E-state index >= 15 is 0 Å². The topological polar surface area (TPSA) is 53.2 Å². The molecule has 0 saturated carbocycles. The largest absolute Gasteiger partial charge is 0.352 e. The number of amides is 1. The highest BCUT2D eigenvalue weighted by atomic mass is 16.1. The lowest BCUT2D eigenvalue weighted by Crippen LogP contribution is -2.57. The molecule has 1 fully saturated rings. The van der Waals surface area contributed by atoms with Gasteiger partial charge in [0.25, 0.3) is 0 Å². The molecule has 0 aromatic carbocycles. The molecule has 0 radical (unpaired) electrons. The van der Waals surface area contributed by atoms with Crippen LogP contribution >= 0.6 is 0 Å². The van der Waals surface area contributed by atoms with Crippen LogP contribution in [-0.2, 0) is 4.79 Å². The van der Waals surface area contributed by atoms with Crippen LogP contribution in [-0.4, -0.2) is 38.6 Å². The summed E-state index contributed by atoms with van der Waals surface area (Å²) in [5.74, 6) is 0. The first-order chi connectivity index (χ1) is 5.83. The van der Waals surface area contributed by atoms with Crippen molar-refractivity contribution in [3.05, 3.63) is 0 Å². The molecule has 0 unspecified atom stereocenters. The van der Waals surface area contributed by atoms with Gasteiger partial charge < -0.3 is 16.0 Å². The number of carbonyl (C=O) groups is 1. The van der Waals surface area contributed by atoms with Crippen LogP contribution in [0.1, 0.15) is 12.8 Å². The Labute approximate surface area is 73.1 Å². The van der Waals surface area contributed by atoms with Crippen molar-refractivity contribution in [2.75, 3.05) is 26.7 Å². The van der Waals surface area contributed by atoms with Crippen LogP contribution in [0.4, 0.5) is 0 Å². The summed E-state index contributed by atoms with van der Waals surface area (Å²) >= 11 is 0. The number of carbonyl (C=O) groups excluding carboxylic acids is 1. The lowest BCUT2D eigenvalue weighted by atomic mass is 9.88. The maximum Gasteiger partial charge on any atom is 0.207 e. The molecule has 0 aromatic heterocycles. The first kappa shape index (κ1) is 9.48. The zero-order valence-electron chi connectivity index (χ0n) is 7.52. The molecule has 0 aliphatic carbocycles. The molecule has 1 rings (SSSR count). The van der Waals surface area contributed by atoms with E-state index in [1.54, 1.807) is 0 Å². The molecule has 1 aliphatic heterocycles. The summed E-state index contributed by atoms with van der Waals surface area (Å²) < 4.78 is 0. The molecule has 1 aliphatic rings. The monoisotopic (exact) mass is 171 g/mol. The fourth-order valence-electron chi connectivity index (χ4n) is 1.74. The highest BCUT2D eigenvalue weighted by Crippen LogP contribution is 2.16. The molecule has 1 saturated heterocycles. The SMILES string of the molecule is CNCC1(NC=O)CCNCC1. The minimum Gasteiger partial charge on any atom is -0.352 e. The summed E-state index contributed by atoms with van der Waals surface area (Å²) in [4.78, 5) is 10.4. The molecule has 3 N–H and O–H groups in total. The fourth-order valence-corrected chi connectivity index (χ4v) is 1.74. The summed E-state index contributed by atoms with van der Waals surface area (Å²) in [5, 5.41) is 9.30. The van der Waals surface area contributed by atoms with E-state index < -0.39 is 0 Å². The van der Waals surface area contributed by atoms with E-state index in [9.17, 15) is 4.79 Å². The van der Waals surface area contributed by atoms with E-state index in [4.69, 9.17) is 0 Å². The molecule has 0 atom stereocenters. The van der Waals surface area contributed by atoms with E-state index in [-0.39, 0.29) is 5.54 Å². The molecule has 70 valence electrons. The van der Waals surface area contributed by atoms with Gasteiger partial charge in [-0.3, -0.25) is 4.79 Å². The van der Waals surface area contributed by atoms with Crippen molar-refractivity contribution in [3.8, 4) is 0 Å². The van der Waals surface area contributed by atoms with E-state index in [0.29, 0.717) is 0 Å². The van der Waals surface area contributed by atoms with Gasteiger partial charge in [0, 0.05) is 6.54 Å². The Morgan fingerprint density at radius 3 is 2.67 bits per heavy atom. The summed E-state index contributed by atoms with van der Waals surface area (Å²) in [6.45, 7) is 2.83. The third-order valence-corrected chi connectivity index (χ3v) is 2.44. The van der Waals surface area contributed by atoms with Crippen LogP contribution in [0.25, 0.3) is 0 Å².